The van der Waals surface area contributed by atoms with Crippen molar-refractivity contribution in [3.8, 4) is 11.3 Å². The number of hydrogen-bond donors (Lipinski definition) is 1. The van der Waals surface area contributed by atoms with Gasteiger partial charge in [-0.05, 0) is 36.2 Å². The number of nitrogens with one attached hydrogen (secondary N) is 1. The summed E-state index contributed by atoms with van der Waals surface area (Å²) < 4.78 is 38.4. The third kappa shape index (κ3) is 3.94. The van der Waals surface area contributed by atoms with Gasteiger partial charge in [-0.15, -0.1) is 0 Å². The zero-order valence-electron chi connectivity index (χ0n) is 16.0. The number of benzene rings is 2. The summed E-state index contributed by atoms with van der Waals surface area (Å²) in [7, 11) is 1.95. The second kappa shape index (κ2) is 7.24. The first kappa shape index (κ1) is 19.0. The summed E-state index contributed by atoms with van der Waals surface area (Å²) in [5, 5.41) is 0.817. The van der Waals surface area contributed by atoms with E-state index >= 15 is 0 Å². The van der Waals surface area contributed by atoms with Gasteiger partial charge in [-0.25, -0.2) is 9.97 Å². The summed E-state index contributed by atoms with van der Waals surface area (Å²) in [5.41, 5.74) is 3.67. The molecular formula is C22H19F3N4. The minimum atomic E-state index is -4.35. The van der Waals surface area contributed by atoms with Gasteiger partial charge in [-0.1, -0.05) is 42.0 Å². The Balaban J connectivity index is 1.66. The van der Waals surface area contributed by atoms with Gasteiger partial charge in [0.15, 0.2) is 0 Å². The van der Waals surface area contributed by atoms with Crippen molar-refractivity contribution in [2.75, 3.05) is 11.9 Å². The smallest absolute Gasteiger partial charge is 0.355 e. The Morgan fingerprint density at radius 2 is 1.76 bits per heavy atom. The maximum absolute atomic E-state index is 12.8. The standard InChI is InChI=1S/C22H19F3N4/c1-14-4-3-5-15(10-14)12-29(2)21-18-11-19(28-20(18)26-13-27-21)16-6-8-17(9-7-16)22(23,24)25/h3-11,13H,12H2,1-2H3,(H,26,27,28). The molecule has 0 fully saturated rings. The number of fused-ring (bicyclic) bond motifs is 1. The van der Waals surface area contributed by atoms with Crippen LogP contribution in [0.5, 0.6) is 0 Å². The Kier molecular flexibility index (Phi) is 4.74. The Bertz CT molecular complexity index is 1150. The molecule has 2 aromatic carbocycles. The first-order valence-corrected chi connectivity index (χ1v) is 9.09. The van der Waals surface area contributed by atoms with Crippen molar-refractivity contribution in [1.29, 1.82) is 0 Å². The molecule has 2 aromatic heterocycles. The number of aromatic amines is 1. The van der Waals surface area contributed by atoms with Gasteiger partial charge in [-0.3, -0.25) is 0 Å². The number of aryl methyl sites for hydroxylation is 1. The predicted molar refractivity (Wildman–Crippen MR) is 108 cm³/mol. The van der Waals surface area contributed by atoms with Gasteiger partial charge in [0.25, 0.3) is 0 Å². The molecule has 148 valence electrons. The van der Waals surface area contributed by atoms with Crippen molar-refractivity contribution in [2.45, 2.75) is 19.6 Å². The zero-order valence-corrected chi connectivity index (χ0v) is 16.0. The Morgan fingerprint density at radius 1 is 1.00 bits per heavy atom. The fraction of sp³-hybridized carbons (Fsp3) is 0.182. The van der Waals surface area contributed by atoms with Gasteiger partial charge >= 0.3 is 6.18 Å². The molecule has 7 heteroatoms. The molecule has 0 aliphatic heterocycles. The highest BCUT2D eigenvalue weighted by atomic mass is 19.4. The molecule has 0 atom stereocenters. The third-order valence-corrected chi connectivity index (χ3v) is 4.79. The molecule has 4 aromatic rings. The Labute approximate surface area is 166 Å². The molecule has 1 N–H and O–H groups in total. The molecule has 0 radical (unpaired) electrons. The quantitative estimate of drug-likeness (QED) is 0.489. The van der Waals surface area contributed by atoms with Crippen LogP contribution < -0.4 is 4.90 Å². The van der Waals surface area contributed by atoms with Crippen molar-refractivity contribution < 1.29 is 13.2 Å². The van der Waals surface area contributed by atoms with Gasteiger partial charge in [0.05, 0.1) is 10.9 Å². The van der Waals surface area contributed by atoms with Crippen LogP contribution in [0, 0.1) is 6.92 Å². The second-order valence-corrected chi connectivity index (χ2v) is 7.06. The van der Waals surface area contributed by atoms with Crippen molar-refractivity contribution in [3.05, 3.63) is 77.6 Å². The van der Waals surface area contributed by atoms with E-state index in [1.165, 1.54) is 24.0 Å². The molecule has 0 spiro atoms. The lowest BCUT2D eigenvalue weighted by Gasteiger charge is -2.19. The van der Waals surface area contributed by atoms with Crippen LogP contribution in [0.25, 0.3) is 22.3 Å². The van der Waals surface area contributed by atoms with Crippen molar-refractivity contribution in [3.63, 3.8) is 0 Å². The Morgan fingerprint density at radius 3 is 2.45 bits per heavy atom. The highest BCUT2D eigenvalue weighted by molar-refractivity contribution is 5.91. The van der Waals surface area contributed by atoms with Gasteiger partial charge in [0.1, 0.15) is 17.8 Å². The van der Waals surface area contributed by atoms with Gasteiger partial charge in [-0.2, -0.15) is 13.2 Å². The number of alkyl halides is 3. The van der Waals surface area contributed by atoms with Crippen LogP contribution in [0.2, 0.25) is 0 Å². The monoisotopic (exact) mass is 396 g/mol. The summed E-state index contributed by atoms with van der Waals surface area (Å²) in [6, 6.07) is 15.2. The topological polar surface area (TPSA) is 44.8 Å². The van der Waals surface area contributed by atoms with Crippen molar-refractivity contribution in [2.24, 2.45) is 0 Å². The van der Waals surface area contributed by atoms with E-state index in [-0.39, 0.29) is 0 Å². The average molecular weight is 396 g/mol. The van der Waals surface area contributed by atoms with Crippen LogP contribution >= 0.6 is 0 Å². The number of H-pyrrole nitrogens is 1. The highest BCUT2D eigenvalue weighted by Crippen LogP contribution is 2.32. The van der Waals surface area contributed by atoms with Crippen LogP contribution in [0.4, 0.5) is 19.0 Å². The van der Waals surface area contributed by atoms with E-state index in [1.54, 1.807) is 0 Å². The molecule has 4 rings (SSSR count). The first-order valence-electron chi connectivity index (χ1n) is 9.09. The molecular weight excluding hydrogens is 377 g/mol. The van der Waals surface area contributed by atoms with Gasteiger partial charge < -0.3 is 9.88 Å². The van der Waals surface area contributed by atoms with Crippen molar-refractivity contribution >= 4 is 16.9 Å². The second-order valence-electron chi connectivity index (χ2n) is 7.06. The largest absolute Gasteiger partial charge is 0.416 e. The van der Waals surface area contributed by atoms with E-state index in [0.717, 1.165) is 28.9 Å². The summed E-state index contributed by atoms with van der Waals surface area (Å²) in [6.07, 6.45) is -2.87. The molecule has 0 aliphatic rings. The van der Waals surface area contributed by atoms with E-state index in [4.69, 9.17) is 0 Å². The normalized spacial score (nSPS) is 11.8. The van der Waals surface area contributed by atoms with E-state index in [9.17, 15) is 13.2 Å². The molecule has 0 amide bonds. The number of rotatable bonds is 4. The highest BCUT2D eigenvalue weighted by Gasteiger charge is 2.30. The molecule has 29 heavy (non-hydrogen) atoms. The lowest BCUT2D eigenvalue weighted by Crippen LogP contribution is -2.18. The van der Waals surface area contributed by atoms with Crippen LogP contribution in [-0.4, -0.2) is 22.0 Å². The minimum Gasteiger partial charge on any atom is -0.355 e. The fourth-order valence-corrected chi connectivity index (χ4v) is 3.38. The van der Waals surface area contributed by atoms with Gasteiger partial charge in [0, 0.05) is 19.3 Å². The lowest BCUT2D eigenvalue weighted by molar-refractivity contribution is -0.137. The predicted octanol–water partition coefficient (Wildman–Crippen LogP) is 5.59. The number of anilines is 1. The molecule has 0 saturated carbocycles. The summed E-state index contributed by atoms with van der Waals surface area (Å²) >= 11 is 0. The van der Waals surface area contributed by atoms with Crippen LogP contribution in [0.3, 0.4) is 0 Å². The van der Waals surface area contributed by atoms with Crippen molar-refractivity contribution in [1.82, 2.24) is 15.0 Å². The number of nitrogens with zero attached hydrogens (tertiary/aromatic N) is 3. The summed E-state index contributed by atoms with van der Waals surface area (Å²) in [4.78, 5) is 13.9. The Hall–Kier alpha value is -3.35. The maximum atomic E-state index is 12.8. The number of aromatic nitrogens is 3. The molecule has 0 saturated heterocycles. The van der Waals surface area contributed by atoms with E-state index in [2.05, 4.69) is 40.1 Å². The molecule has 0 aliphatic carbocycles. The molecule has 0 bridgehead atoms. The minimum absolute atomic E-state index is 0.640. The third-order valence-electron chi connectivity index (χ3n) is 4.79. The lowest BCUT2D eigenvalue weighted by atomic mass is 10.1. The molecule has 4 nitrogen and oxygen atoms in total. The van der Waals surface area contributed by atoms with E-state index in [0.29, 0.717) is 23.4 Å². The SMILES string of the molecule is Cc1cccc(CN(C)c2ncnc3[nH]c(-c4ccc(C(F)(F)F)cc4)cc23)c1. The van der Waals surface area contributed by atoms with Crippen LogP contribution in [0.15, 0.2) is 60.9 Å². The summed E-state index contributed by atoms with van der Waals surface area (Å²) in [5.74, 6) is 0.755. The number of hydrogen-bond acceptors (Lipinski definition) is 3. The maximum Gasteiger partial charge on any atom is 0.416 e. The van der Waals surface area contributed by atoms with E-state index in [1.807, 2.05) is 24.1 Å². The van der Waals surface area contributed by atoms with E-state index < -0.39 is 11.7 Å². The molecule has 2 heterocycles. The van der Waals surface area contributed by atoms with Crippen LogP contribution in [0.1, 0.15) is 16.7 Å². The number of halogens is 3. The van der Waals surface area contributed by atoms with Crippen LogP contribution in [-0.2, 0) is 12.7 Å². The fourth-order valence-electron chi connectivity index (χ4n) is 3.38. The summed E-state index contributed by atoms with van der Waals surface area (Å²) in [6.45, 7) is 2.73. The van der Waals surface area contributed by atoms with Gasteiger partial charge in [0.2, 0.25) is 0 Å². The first-order chi connectivity index (χ1) is 13.8. The molecule has 0 unspecified atom stereocenters. The zero-order chi connectivity index (χ0) is 20.6. The average Bonchev–Trinajstić information content (AvgIpc) is 3.11.